The zero-order valence-corrected chi connectivity index (χ0v) is 12.9. The van der Waals surface area contributed by atoms with Gasteiger partial charge in [0.1, 0.15) is 12.2 Å². The molecule has 0 aliphatic rings. The van der Waals surface area contributed by atoms with Gasteiger partial charge in [0.2, 0.25) is 0 Å². The third-order valence-corrected chi connectivity index (χ3v) is 2.78. The van der Waals surface area contributed by atoms with E-state index in [4.69, 9.17) is 9.84 Å². The Morgan fingerprint density at radius 1 is 1.24 bits per heavy atom. The molecular weight excluding hydrogens is 280 g/mol. The molecule has 0 saturated carbocycles. The number of anilines is 1. The standard InChI is InChI=1S/C15H21F2NO3/c1-9-6-11(15(16,17)8-19)7-10(2)12(9)18-13(20)21-14(3,4)5/h6-7,19H,8H2,1-5H3,(H,18,20). The first-order valence-electron chi connectivity index (χ1n) is 6.56. The number of halogens is 2. The van der Waals surface area contributed by atoms with Crippen LogP contribution in [0, 0.1) is 13.8 Å². The maximum atomic E-state index is 13.5. The van der Waals surface area contributed by atoms with Crippen molar-refractivity contribution in [3.05, 3.63) is 28.8 Å². The zero-order chi connectivity index (χ0) is 16.4. The molecule has 1 aromatic rings. The van der Waals surface area contributed by atoms with Crippen molar-refractivity contribution in [2.75, 3.05) is 11.9 Å². The van der Waals surface area contributed by atoms with Gasteiger partial charge in [-0.25, -0.2) is 4.79 Å². The van der Waals surface area contributed by atoms with Crippen molar-refractivity contribution in [1.82, 2.24) is 0 Å². The van der Waals surface area contributed by atoms with Crippen molar-refractivity contribution in [1.29, 1.82) is 0 Å². The van der Waals surface area contributed by atoms with E-state index in [9.17, 15) is 13.6 Å². The van der Waals surface area contributed by atoms with Crippen LogP contribution in [-0.4, -0.2) is 23.4 Å². The molecular formula is C15H21F2NO3. The molecule has 0 fully saturated rings. The van der Waals surface area contributed by atoms with E-state index in [0.29, 0.717) is 16.8 Å². The quantitative estimate of drug-likeness (QED) is 0.894. The molecule has 0 bridgehead atoms. The number of nitrogens with one attached hydrogen (secondary N) is 1. The fourth-order valence-electron chi connectivity index (χ4n) is 1.87. The van der Waals surface area contributed by atoms with Gasteiger partial charge >= 0.3 is 6.09 Å². The van der Waals surface area contributed by atoms with Gasteiger partial charge in [-0.2, -0.15) is 8.78 Å². The predicted octanol–water partition coefficient (Wildman–Crippen LogP) is 3.73. The van der Waals surface area contributed by atoms with Crippen molar-refractivity contribution < 1.29 is 23.4 Å². The Bertz CT molecular complexity index is 513. The molecule has 21 heavy (non-hydrogen) atoms. The van der Waals surface area contributed by atoms with Gasteiger partial charge in [0.15, 0.2) is 0 Å². The minimum atomic E-state index is -3.31. The number of hydrogen-bond acceptors (Lipinski definition) is 3. The smallest absolute Gasteiger partial charge is 0.412 e. The molecule has 0 aliphatic carbocycles. The van der Waals surface area contributed by atoms with E-state index in [1.54, 1.807) is 34.6 Å². The van der Waals surface area contributed by atoms with Crippen LogP contribution >= 0.6 is 0 Å². The van der Waals surface area contributed by atoms with Gasteiger partial charge < -0.3 is 9.84 Å². The number of benzene rings is 1. The van der Waals surface area contributed by atoms with E-state index in [0.717, 1.165) is 0 Å². The molecule has 0 unspecified atom stereocenters. The lowest BCUT2D eigenvalue weighted by atomic mass is 10.0. The van der Waals surface area contributed by atoms with Gasteiger partial charge in [-0.1, -0.05) is 0 Å². The SMILES string of the molecule is Cc1cc(C(F)(F)CO)cc(C)c1NC(=O)OC(C)(C)C. The lowest BCUT2D eigenvalue weighted by molar-refractivity contribution is -0.0556. The summed E-state index contributed by atoms with van der Waals surface area (Å²) in [6.45, 7) is 7.16. The van der Waals surface area contributed by atoms with Crippen LogP contribution in [0.1, 0.15) is 37.5 Å². The molecule has 118 valence electrons. The van der Waals surface area contributed by atoms with Gasteiger partial charge in [0.25, 0.3) is 5.92 Å². The molecule has 0 spiro atoms. The Kier molecular flexibility index (Phi) is 4.94. The molecule has 0 radical (unpaired) electrons. The topological polar surface area (TPSA) is 58.6 Å². The number of aliphatic hydroxyl groups is 1. The second-order valence-electron chi connectivity index (χ2n) is 5.97. The van der Waals surface area contributed by atoms with Crippen LogP contribution in [0.2, 0.25) is 0 Å². The normalized spacial score (nSPS) is 12.2. The summed E-state index contributed by atoms with van der Waals surface area (Å²) in [4.78, 5) is 11.7. The number of hydrogen-bond donors (Lipinski definition) is 2. The predicted molar refractivity (Wildman–Crippen MR) is 76.8 cm³/mol. The maximum Gasteiger partial charge on any atom is 0.412 e. The highest BCUT2D eigenvalue weighted by molar-refractivity contribution is 5.87. The number of carbonyl (C=O) groups excluding carboxylic acids is 1. The molecule has 4 nitrogen and oxygen atoms in total. The molecule has 1 amide bonds. The lowest BCUT2D eigenvalue weighted by Crippen LogP contribution is -2.28. The summed E-state index contributed by atoms with van der Waals surface area (Å²) in [5.41, 5.74) is 0.458. The second kappa shape index (κ2) is 5.97. The fourth-order valence-corrected chi connectivity index (χ4v) is 1.87. The summed E-state index contributed by atoms with van der Waals surface area (Å²) < 4.78 is 32.1. The summed E-state index contributed by atoms with van der Waals surface area (Å²) >= 11 is 0. The molecule has 0 atom stereocenters. The van der Waals surface area contributed by atoms with Gasteiger partial charge in [-0.3, -0.25) is 5.32 Å². The van der Waals surface area contributed by atoms with E-state index >= 15 is 0 Å². The van der Waals surface area contributed by atoms with Crippen molar-refractivity contribution >= 4 is 11.8 Å². The molecule has 1 aromatic carbocycles. The zero-order valence-electron chi connectivity index (χ0n) is 12.9. The van der Waals surface area contributed by atoms with Crippen LogP contribution in [0.5, 0.6) is 0 Å². The van der Waals surface area contributed by atoms with Crippen LogP contribution in [0.25, 0.3) is 0 Å². The van der Waals surface area contributed by atoms with Crippen LogP contribution in [0.4, 0.5) is 19.3 Å². The van der Waals surface area contributed by atoms with Gasteiger partial charge in [-0.05, 0) is 57.9 Å². The Morgan fingerprint density at radius 3 is 2.10 bits per heavy atom. The number of ether oxygens (including phenoxy) is 1. The number of alkyl halides is 2. The van der Waals surface area contributed by atoms with Crippen LogP contribution in [-0.2, 0) is 10.7 Å². The molecule has 6 heteroatoms. The molecule has 0 heterocycles. The van der Waals surface area contributed by atoms with E-state index in [2.05, 4.69) is 5.32 Å². The highest BCUT2D eigenvalue weighted by atomic mass is 19.3. The van der Waals surface area contributed by atoms with Crippen molar-refractivity contribution in [3.63, 3.8) is 0 Å². The minimum absolute atomic E-state index is 0.283. The summed E-state index contributed by atoms with van der Waals surface area (Å²) in [6, 6.07) is 2.49. The Morgan fingerprint density at radius 2 is 1.71 bits per heavy atom. The van der Waals surface area contributed by atoms with Crippen molar-refractivity contribution in [2.45, 2.75) is 46.1 Å². The largest absolute Gasteiger partial charge is 0.444 e. The minimum Gasteiger partial charge on any atom is -0.444 e. The van der Waals surface area contributed by atoms with Crippen LogP contribution in [0.15, 0.2) is 12.1 Å². The first-order chi connectivity index (χ1) is 9.46. The van der Waals surface area contributed by atoms with Gasteiger partial charge in [0, 0.05) is 11.3 Å². The average Bonchev–Trinajstić information content (AvgIpc) is 2.31. The Hall–Kier alpha value is -1.69. The lowest BCUT2D eigenvalue weighted by Gasteiger charge is -2.22. The number of aryl methyl sites for hydroxylation is 2. The molecule has 0 aromatic heterocycles. The van der Waals surface area contributed by atoms with E-state index in [-0.39, 0.29) is 5.56 Å². The van der Waals surface area contributed by atoms with Gasteiger partial charge in [-0.15, -0.1) is 0 Å². The summed E-state index contributed by atoms with van der Waals surface area (Å²) in [5.74, 6) is -3.31. The van der Waals surface area contributed by atoms with Crippen LogP contribution < -0.4 is 5.32 Å². The molecule has 2 N–H and O–H groups in total. The van der Waals surface area contributed by atoms with E-state index in [1.807, 2.05) is 0 Å². The van der Waals surface area contributed by atoms with Crippen LogP contribution in [0.3, 0.4) is 0 Å². The third-order valence-electron chi connectivity index (χ3n) is 2.78. The molecule has 0 saturated heterocycles. The number of carbonyl (C=O) groups is 1. The van der Waals surface area contributed by atoms with Crippen molar-refractivity contribution in [2.24, 2.45) is 0 Å². The molecule has 1 rings (SSSR count). The second-order valence-corrected chi connectivity index (χ2v) is 5.97. The van der Waals surface area contributed by atoms with E-state index < -0.39 is 24.2 Å². The highest BCUT2D eigenvalue weighted by Gasteiger charge is 2.31. The fraction of sp³-hybridized carbons (Fsp3) is 0.533. The first kappa shape index (κ1) is 17.4. The maximum absolute atomic E-state index is 13.5. The number of aliphatic hydroxyl groups excluding tert-OH is 1. The number of rotatable bonds is 3. The van der Waals surface area contributed by atoms with E-state index in [1.165, 1.54) is 12.1 Å². The summed E-state index contributed by atoms with van der Waals surface area (Å²) in [7, 11) is 0. The average molecular weight is 301 g/mol. The molecule has 0 aliphatic heterocycles. The highest BCUT2D eigenvalue weighted by Crippen LogP contribution is 2.32. The monoisotopic (exact) mass is 301 g/mol. The van der Waals surface area contributed by atoms with Gasteiger partial charge in [0.05, 0.1) is 0 Å². The third kappa shape index (κ3) is 4.67. The Balaban J connectivity index is 3.04. The summed E-state index contributed by atoms with van der Waals surface area (Å²) in [6.07, 6.45) is -0.643. The summed E-state index contributed by atoms with van der Waals surface area (Å²) in [5, 5.41) is 11.3. The Labute approximate surface area is 123 Å². The van der Waals surface area contributed by atoms with Crippen molar-refractivity contribution in [3.8, 4) is 0 Å². The first-order valence-corrected chi connectivity index (χ1v) is 6.56. The number of amides is 1.